The summed E-state index contributed by atoms with van der Waals surface area (Å²) in [5, 5.41) is 25.3. The number of hydrazone groups is 1. The molecule has 3 aromatic carbocycles. The second-order valence-corrected chi connectivity index (χ2v) is 6.30. The molecule has 0 aliphatic carbocycles. The molecule has 0 saturated heterocycles. The maximum atomic E-state index is 12.9. The van der Waals surface area contributed by atoms with Crippen molar-refractivity contribution in [2.24, 2.45) is 5.10 Å². The highest BCUT2D eigenvalue weighted by Crippen LogP contribution is 2.30. The third-order valence-electron chi connectivity index (χ3n) is 4.39. The van der Waals surface area contributed by atoms with Gasteiger partial charge in [-0.15, -0.1) is 0 Å². The van der Waals surface area contributed by atoms with E-state index in [1.165, 1.54) is 12.3 Å². The van der Waals surface area contributed by atoms with Crippen molar-refractivity contribution in [2.75, 3.05) is 6.61 Å². The summed E-state index contributed by atoms with van der Waals surface area (Å²) < 4.78 is 5.32. The Kier molecular flexibility index (Phi) is 6.26. The number of nitrogens with one attached hydrogen (secondary N) is 1. The summed E-state index contributed by atoms with van der Waals surface area (Å²) in [6.07, 6.45) is 1.30. The monoisotopic (exact) mass is 390 g/mol. The lowest BCUT2D eigenvalue weighted by molar-refractivity contribution is -0.136. The summed E-state index contributed by atoms with van der Waals surface area (Å²) in [6, 6.07) is 22.1. The summed E-state index contributed by atoms with van der Waals surface area (Å²) in [4.78, 5) is 12.9. The first kappa shape index (κ1) is 20.1. The van der Waals surface area contributed by atoms with Crippen molar-refractivity contribution in [3.8, 4) is 11.5 Å². The van der Waals surface area contributed by atoms with Crippen molar-refractivity contribution in [3.63, 3.8) is 0 Å². The maximum absolute atomic E-state index is 12.9. The number of carbonyl (C=O) groups excluding carboxylic acids is 1. The third kappa shape index (κ3) is 4.44. The molecule has 6 nitrogen and oxygen atoms in total. The molecule has 0 saturated carbocycles. The first-order valence-electron chi connectivity index (χ1n) is 9.18. The summed E-state index contributed by atoms with van der Waals surface area (Å²) in [6.45, 7) is 2.34. The van der Waals surface area contributed by atoms with Gasteiger partial charge in [0.25, 0.3) is 5.91 Å². The van der Waals surface area contributed by atoms with E-state index in [9.17, 15) is 15.0 Å². The average Bonchev–Trinajstić information content (AvgIpc) is 2.76. The number of phenols is 1. The van der Waals surface area contributed by atoms with Crippen LogP contribution in [0, 0.1) is 0 Å². The summed E-state index contributed by atoms with van der Waals surface area (Å²) >= 11 is 0. The number of aliphatic hydroxyl groups is 1. The van der Waals surface area contributed by atoms with E-state index >= 15 is 0 Å². The minimum absolute atomic E-state index is 0.0321. The molecule has 0 heterocycles. The van der Waals surface area contributed by atoms with Gasteiger partial charge in [0.05, 0.1) is 12.8 Å². The molecule has 3 N–H and O–H groups in total. The van der Waals surface area contributed by atoms with Crippen LogP contribution in [0.4, 0.5) is 0 Å². The van der Waals surface area contributed by atoms with Crippen LogP contribution in [-0.2, 0) is 10.4 Å². The molecule has 0 aliphatic heterocycles. The minimum Gasteiger partial charge on any atom is -0.507 e. The van der Waals surface area contributed by atoms with E-state index in [-0.39, 0.29) is 5.75 Å². The van der Waals surface area contributed by atoms with Crippen molar-refractivity contribution in [1.82, 2.24) is 5.43 Å². The number of aromatic hydroxyl groups is 1. The topological polar surface area (TPSA) is 91.2 Å². The maximum Gasteiger partial charge on any atom is 0.281 e. The molecule has 0 bridgehead atoms. The second kappa shape index (κ2) is 9.03. The summed E-state index contributed by atoms with van der Waals surface area (Å²) in [7, 11) is 0. The number of ether oxygens (including phenoxy) is 1. The van der Waals surface area contributed by atoms with Crippen molar-refractivity contribution < 1.29 is 19.7 Å². The number of nitrogens with zero attached hydrogens (tertiary/aromatic N) is 1. The van der Waals surface area contributed by atoms with E-state index in [1.807, 2.05) is 6.92 Å². The Morgan fingerprint density at radius 3 is 2.14 bits per heavy atom. The number of phenolic OH excluding ortho intramolecular Hbond substituents is 1. The number of benzene rings is 3. The van der Waals surface area contributed by atoms with Crippen LogP contribution in [-0.4, -0.2) is 28.9 Å². The molecule has 3 aromatic rings. The molecule has 29 heavy (non-hydrogen) atoms. The first-order valence-corrected chi connectivity index (χ1v) is 9.18. The van der Waals surface area contributed by atoms with Gasteiger partial charge < -0.3 is 14.9 Å². The largest absolute Gasteiger partial charge is 0.507 e. The Hall–Kier alpha value is -3.64. The molecule has 0 aliphatic rings. The van der Waals surface area contributed by atoms with E-state index < -0.39 is 11.5 Å². The van der Waals surface area contributed by atoms with Crippen LogP contribution in [0.5, 0.6) is 11.5 Å². The smallest absolute Gasteiger partial charge is 0.281 e. The number of rotatable bonds is 7. The van der Waals surface area contributed by atoms with Crippen LogP contribution in [0.15, 0.2) is 84.0 Å². The van der Waals surface area contributed by atoms with Crippen LogP contribution in [0.2, 0.25) is 0 Å². The lowest BCUT2D eigenvalue weighted by Gasteiger charge is -2.27. The fraction of sp³-hybridized carbons (Fsp3) is 0.130. The van der Waals surface area contributed by atoms with Gasteiger partial charge in [-0.3, -0.25) is 4.79 Å². The Balaban J connectivity index is 1.84. The van der Waals surface area contributed by atoms with Crippen molar-refractivity contribution >= 4 is 12.1 Å². The van der Waals surface area contributed by atoms with Gasteiger partial charge in [0.1, 0.15) is 11.5 Å². The van der Waals surface area contributed by atoms with Gasteiger partial charge in [0, 0.05) is 11.6 Å². The molecule has 0 radical (unpaired) electrons. The van der Waals surface area contributed by atoms with Gasteiger partial charge in [0.15, 0.2) is 5.60 Å². The standard InChI is InChI=1S/C23H22N2O4/c1-2-29-20-14-13-17(21(26)15-20)16-24-25-22(27)23(28,18-9-5-3-6-10-18)19-11-7-4-8-12-19/h3-16,26,28H,2H2,1H3,(H,25,27). The summed E-state index contributed by atoms with van der Waals surface area (Å²) in [5.74, 6) is -0.208. The average molecular weight is 390 g/mol. The Bertz CT molecular complexity index is 949. The molecule has 0 atom stereocenters. The fourth-order valence-corrected chi connectivity index (χ4v) is 2.92. The van der Waals surface area contributed by atoms with Crippen LogP contribution in [0.1, 0.15) is 23.6 Å². The molecular formula is C23H22N2O4. The number of hydrogen-bond acceptors (Lipinski definition) is 5. The Morgan fingerprint density at radius 1 is 1.03 bits per heavy atom. The SMILES string of the molecule is CCOc1ccc(C=NNC(=O)C(O)(c2ccccc2)c2ccccc2)c(O)c1. The molecule has 0 unspecified atom stereocenters. The molecule has 6 heteroatoms. The summed E-state index contributed by atoms with van der Waals surface area (Å²) in [5.41, 5.74) is 1.70. The van der Waals surface area contributed by atoms with Crippen LogP contribution in [0.3, 0.4) is 0 Å². The molecule has 148 valence electrons. The van der Waals surface area contributed by atoms with E-state index in [4.69, 9.17) is 4.74 Å². The Labute approximate surface area is 169 Å². The highest BCUT2D eigenvalue weighted by Gasteiger charge is 2.39. The second-order valence-electron chi connectivity index (χ2n) is 6.30. The van der Waals surface area contributed by atoms with E-state index in [0.29, 0.717) is 29.0 Å². The quantitative estimate of drug-likeness (QED) is 0.427. The van der Waals surface area contributed by atoms with Gasteiger partial charge in [-0.25, -0.2) is 5.43 Å². The van der Waals surface area contributed by atoms with E-state index in [1.54, 1.807) is 72.8 Å². The molecule has 3 rings (SSSR count). The Morgan fingerprint density at radius 2 is 1.62 bits per heavy atom. The normalized spacial score (nSPS) is 11.4. The fourth-order valence-electron chi connectivity index (χ4n) is 2.92. The highest BCUT2D eigenvalue weighted by atomic mass is 16.5. The first-order chi connectivity index (χ1) is 14.1. The van der Waals surface area contributed by atoms with Crippen LogP contribution >= 0.6 is 0 Å². The predicted octanol–water partition coefficient (Wildman–Crippen LogP) is 3.18. The molecule has 0 fully saturated rings. The number of amides is 1. The molecular weight excluding hydrogens is 368 g/mol. The van der Waals surface area contributed by atoms with E-state index in [2.05, 4.69) is 10.5 Å². The van der Waals surface area contributed by atoms with Gasteiger partial charge in [-0.2, -0.15) is 5.10 Å². The van der Waals surface area contributed by atoms with Gasteiger partial charge in [0.2, 0.25) is 0 Å². The minimum atomic E-state index is -1.92. The zero-order valence-corrected chi connectivity index (χ0v) is 15.9. The molecule has 0 aromatic heterocycles. The van der Waals surface area contributed by atoms with Crippen molar-refractivity contribution in [1.29, 1.82) is 0 Å². The van der Waals surface area contributed by atoms with Crippen molar-refractivity contribution in [2.45, 2.75) is 12.5 Å². The predicted molar refractivity (Wildman–Crippen MR) is 111 cm³/mol. The zero-order valence-electron chi connectivity index (χ0n) is 15.9. The van der Waals surface area contributed by atoms with Gasteiger partial charge in [-0.05, 0) is 30.2 Å². The number of carbonyl (C=O) groups is 1. The van der Waals surface area contributed by atoms with Gasteiger partial charge >= 0.3 is 0 Å². The molecule has 0 spiro atoms. The van der Waals surface area contributed by atoms with Gasteiger partial charge in [-0.1, -0.05) is 60.7 Å². The van der Waals surface area contributed by atoms with Crippen LogP contribution < -0.4 is 10.2 Å². The highest BCUT2D eigenvalue weighted by molar-refractivity contribution is 5.91. The van der Waals surface area contributed by atoms with Crippen LogP contribution in [0.25, 0.3) is 0 Å². The lowest BCUT2D eigenvalue weighted by Crippen LogP contribution is -2.43. The lowest BCUT2D eigenvalue weighted by atomic mass is 9.85. The third-order valence-corrected chi connectivity index (χ3v) is 4.39. The number of hydrogen-bond donors (Lipinski definition) is 3. The van der Waals surface area contributed by atoms with E-state index in [0.717, 1.165) is 0 Å². The van der Waals surface area contributed by atoms with Crippen molar-refractivity contribution in [3.05, 3.63) is 95.6 Å². The molecule has 1 amide bonds. The zero-order chi connectivity index (χ0) is 20.7.